The minimum atomic E-state index is -0.581. The van der Waals surface area contributed by atoms with Crippen LogP contribution in [0.25, 0.3) is 0 Å². The zero-order valence-electron chi connectivity index (χ0n) is 12.7. The number of methoxy groups -OCH3 is 1. The van der Waals surface area contributed by atoms with Crippen LogP contribution in [0.4, 0.5) is 5.69 Å². The fourth-order valence-corrected chi connectivity index (χ4v) is 1.97. The van der Waals surface area contributed by atoms with Gasteiger partial charge < -0.3 is 14.2 Å². The Hall–Kier alpha value is -2.64. The summed E-state index contributed by atoms with van der Waals surface area (Å²) in [6.45, 7) is 0.470. The lowest BCUT2D eigenvalue weighted by Gasteiger charge is -2.08. The second-order valence-corrected chi connectivity index (χ2v) is 5.06. The molecule has 0 N–H and O–H groups in total. The summed E-state index contributed by atoms with van der Waals surface area (Å²) >= 11 is 5.75. The van der Waals surface area contributed by atoms with Crippen molar-refractivity contribution in [1.82, 2.24) is 0 Å². The molecule has 24 heavy (non-hydrogen) atoms. The molecule has 0 aliphatic carbocycles. The smallest absolute Gasteiger partial charge is 0.338 e. The Morgan fingerprint density at radius 1 is 1.17 bits per heavy atom. The van der Waals surface area contributed by atoms with E-state index in [9.17, 15) is 14.9 Å². The van der Waals surface area contributed by atoms with Crippen molar-refractivity contribution in [3.63, 3.8) is 0 Å². The van der Waals surface area contributed by atoms with E-state index in [1.54, 1.807) is 0 Å². The highest BCUT2D eigenvalue weighted by Crippen LogP contribution is 2.33. The Morgan fingerprint density at radius 3 is 2.50 bits per heavy atom. The highest BCUT2D eigenvalue weighted by atomic mass is 35.5. The molecule has 0 spiro atoms. The fraction of sp³-hybridized carbons (Fsp3) is 0.188. The van der Waals surface area contributed by atoms with Gasteiger partial charge in [-0.15, -0.1) is 0 Å². The van der Waals surface area contributed by atoms with E-state index in [1.807, 2.05) is 0 Å². The van der Waals surface area contributed by atoms with Gasteiger partial charge in [0.15, 0.2) is 0 Å². The molecule has 0 saturated heterocycles. The van der Waals surface area contributed by atoms with Gasteiger partial charge in [-0.25, -0.2) is 4.79 Å². The minimum absolute atomic E-state index is 0.0554. The molecule has 0 atom stereocenters. The van der Waals surface area contributed by atoms with Crippen molar-refractivity contribution in [2.45, 2.75) is 0 Å². The molecule has 2 rings (SSSR count). The van der Waals surface area contributed by atoms with E-state index in [0.29, 0.717) is 17.9 Å². The van der Waals surface area contributed by atoms with E-state index in [1.165, 1.54) is 49.6 Å². The SMILES string of the molecule is COCCOC(=O)c1ccc(Oc2ccc(Cl)cc2[N+](=O)[O-])cc1. The van der Waals surface area contributed by atoms with Crippen LogP contribution in [0.3, 0.4) is 0 Å². The van der Waals surface area contributed by atoms with Gasteiger partial charge in [0.2, 0.25) is 5.75 Å². The Morgan fingerprint density at radius 2 is 1.88 bits per heavy atom. The van der Waals surface area contributed by atoms with Crippen molar-refractivity contribution in [1.29, 1.82) is 0 Å². The van der Waals surface area contributed by atoms with Gasteiger partial charge in [-0.05, 0) is 36.4 Å². The summed E-state index contributed by atoms with van der Waals surface area (Å²) in [5.74, 6) is -0.0928. The van der Waals surface area contributed by atoms with Crippen LogP contribution >= 0.6 is 11.6 Å². The van der Waals surface area contributed by atoms with E-state index < -0.39 is 10.9 Å². The van der Waals surface area contributed by atoms with Gasteiger partial charge in [0.1, 0.15) is 12.4 Å². The molecule has 126 valence electrons. The van der Waals surface area contributed by atoms with Crippen LogP contribution in [0.2, 0.25) is 5.02 Å². The van der Waals surface area contributed by atoms with Gasteiger partial charge in [0, 0.05) is 18.2 Å². The standard InChI is InChI=1S/C16H14ClNO6/c1-22-8-9-23-16(19)11-2-5-13(6-3-11)24-15-7-4-12(17)10-14(15)18(20)21/h2-7,10H,8-9H2,1H3. The zero-order valence-corrected chi connectivity index (χ0v) is 13.5. The van der Waals surface area contributed by atoms with E-state index in [-0.39, 0.29) is 23.1 Å². The molecule has 0 radical (unpaired) electrons. The molecule has 2 aromatic rings. The molecule has 0 aliphatic heterocycles. The highest BCUT2D eigenvalue weighted by molar-refractivity contribution is 6.30. The van der Waals surface area contributed by atoms with Crippen molar-refractivity contribution in [2.24, 2.45) is 0 Å². The van der Waals surface area contributed by atoms with Gasteiger partial charge in [-0.2, -0.15) is 0 Å². The molecule has 0 fully saturated rings. The second kappa shape index (κ2) is 8.28. The first-order chi connectivity index (χ1) is 11.5. The molecule has 0 heterocycles. The molecule has 0 aliphatic rings. The van der Waals surface area contributed by atoms with Crippen molar-refractivity contribution in [3.8, 4) is 11.5 Å². The van der Waals surface area contributed by atoms with Gasteiger partial charge in [0.05, 0.1) is 17.1 Å². The van der Waals surface area contributed by atoms with Gasteiger partial charge >= 0.3 is 11.7 Å². The first-order valence-corrected chi connectivity index (χ1v) is 7.27. The van der Waals surface area contributed by atoms with Crippen molar-refractivity contribution in [2.75, 3.05) is 20.3 Å². The lowest BCUT2D eigenvalue weighted by atomic mass is 10.2. The number of benzene rings is 2. The minimum Gasteiger partial charge on any atom is -0.460 e. The number of halogens is 1. The molecule has 0 saturated carbocycles. The maximum absolute atomic E-state index is 11.7. The Labute approximate surface area is 142 Å². The normalized spacial score (nSPS) is 10.2. The summed E-state index contributed by atoms with van der Waals surface area (Å²) in [5, 5.41) is 11.3. The maximum atomic E-state index is 11.7. The topological polar surface area (TPSA) is 87.9 Å². The number of nitrogens with zero attached hydrogens (tertiary/aromatic N) is 1. The molecular weight excluding hydrogens is 338 g/mol. The molecule has 0 bridgehead atoms. The van der Waals surface area contributed by atoms with Gasteiger partial charge in [-0.3, -0.25) is 10.1 Å². The first kappa shape index (κ1) is 17.7. The predicted octanol–water partition coefficient (Wildman–Crippen LogP) is 3.84. The average Bonchev–Trinajstić information content (AvgIpc) is 2.57. The summed E-state index contributed by atoms with van der Waals surface area (Å²) in [6, 6.07) is 10.2. The number of rotatable bonds is 7. The Bertz CT molecular complexity index is 732. The van der Waals surface area contributed by atoms with E-state index in [2.05, 4.69) is 0 Å². The summed E-state index contributed by atoms with van der Waals surface area (Å²) in [4.78, 5) is 22.2. The lowest BCUT2D eigenvalue weighted by molar-refractivity contribution is -0.385. The van der Waals surface area contributed by atoms with Crippen LogP contribution in [0.1, 0.15) is 10.4 Å². The number of nitro benzene ring substituents is 1. The highest BCUT2D eigenvalue weighted by Gasteiger charge is 2.16. The van der Waals surface area contributed by atoms with Crippen LogP contribution in [-0.2, 0) is 9.47 Å². The Kier molecular flexibility index (Phi) is 6.11. The molecular formula is C16H14ClNO6. The zero-order chi connectivity index (χ0) is 17.5. The van der Waals surface area contributed by atoms with Crippen LogP contribution in [0.15, 0.2) is 42.5 Å². The van der Waals surface area contributed by atoms with Crippen molar-refractivity contribution >= 4 is 23.3 Å². The van der Waals surface area contributed by atoms with Crippen LogP contribution in [0, 0.1) is 10.1 Å². The predicted molar refractivity (Wildman–Crippen MR) is 86.8 cm³/mol. The third-order valence-electron chi connectivity index (χ3n) is 2.96. The second-order valence-electron chi connectivity index (χ2n) is 4.62. The van der Waals surface area contributed by atoms with Crippen LogP contribution in [0.5, 0.6) is 11.5 Å². The van der Waals surface area contributed by atoms with E-state index in [0.717, 1.165) is 0 Å². The molecule has 0 amide bonds. The van der Waals surface area contributed by atoms with Crippen LogP contribution < -0.4 is 4.74 Å². The molecule has 7 nitrogen and oxygen atoms in total. The van der Waals surface area contributed by atoms with Gasteiger partial charge in [0.25, 0.3) is 0 Å². The number of nitro groups is 1. The number of ether oxygens (including phenoxy) is 3. The van der Waals surface area contributed by atoms with Crippen molar-refractivity contribution < 1.29 is 23.9 Å². The third-order valence-corrected chi connectivity index (χ3v) is 3.19. The van der Waals surface area contributed by atoms with Crippen LogP contribution in [-0.4, -0.2) is 31.2 Å². The third kappa shape index (κ3) is 4.68. The van der Waals surface area contributed by atoms with E-state index in [4.69, 9.17) is 25.8 Å². The molecule has 2 aromatic carbocycles. The maximum Gasteiger partial charge on any atom is 0.338 e. The molecule has 8 heteroatoms. The molecule has 0 aromatic heterocycles. The number of carbonyl (C=O) groups is 1. The van der Waals surface area contributed by atoms with Crippen molar-refractivity contribution in [3.05, 3.63) is 63.2 Å². The summed E-state index contributed by atoms with van der Waals surface area (Å²) in [6.07, 6.45) is 0. The van der Waals surface area contributed by atoms with E-state index >= 15 is 0 Å². The summed E-state index contributed by atoms with van der Waals surface area (Å²) in [7, 11) is 1.51. The average molecular weight is 352 g/mol. The number of hydrogen-bond donors (Lipinski definition) is 0. The monoisotopic (exact) mass is 351 g/mol. The van der Waals surface area contributed by atoms with Gasteiger partial charge in [-0.1, -0.05) is 11.6 Å². The summed E-state index contributed by atoms with van der Waals surface area (Å²) in [5.41, 5.74) is 0.0922. The number of carbonyl (C=O) groups excluding carboxylic acids is 1. The molecule has 0 unspecified atom stereocenters. The fourth-order valence-electron chi connectivity index (χ4n) is 1.81. The Balaban J connectivity index is 2.09. The first-order valence-electron chi connectivity index (χ1n) is 6.89. The largest absolute Gasteiger partial charge is 0.460 e. The summed E-state index contributed by atoms with van der Waals surface area (Å²) < 4.78 is 15.3. The number of esters is 1. The quantitative estimate of drug-likeness (QED) is 0.326. The lowest BCUT2D eigenvalue weighted by Crippen LogP contribution is -2.09. The number of hydrogen-bond acceptors (Lipinski definition) is 6.